The number of hydrogen-bond acceptors (Lipinski definition) is 7. The molecule has 2 N–H and O–H groups in total. The third-order valence-corrected chi connectivity index (χ3v) is 5.02. The molecule has 0 saturated heterocycles. The van der Waals surface area contributed by atoms with Crippen LogP contribution in [0.4, 0.5) is 0 Å². The SMILES string of the molecule is COc1cc([C@@H]2Oc3c(OC)cc(CCCOC(C)=O)cc3[C@H]2CO)ccc1O. The second kappa shape index (κ2) is 9.05. The molecule has 0 aromatic heterocycles. The Balaban J connectivity index is 1.88. The average Bonchev–Trinajstić information content (AvgIpc) is 3.09. The van der Waals surface area contributed by atoms with Crippen LogP contribution in [-0.4, -0.2) is 43.6 Å². The summed E-state index contributed by atoms with van der Waals surface area (Å²) in [5, 5.41) is 20.0. The topological polar surface area (TPSA) is 94.5 Å². The number of benzene rings is 2. The van der Waals surface area contributed by atoms with Crippen LogP contribution in [0.5, 0.6) is 23.0 Å². The Labute approximate surface area is 169 Å². The van der Waals surface area contributed by atoms with Crippen LogP contribution in [0.15, 0.2) is 30.3 Å². The van der Waals surface area contributed by atoms with Gasteiger partial charge in [0.25, 0.3) is 0 Å². The standard InChI is InChI=1S/C22H26O7/c1-13(24)28-8-4-5-14-9-16-17(12-23)21(29-22(16)20(10-14)27-3)15-6-7-18(25)19(11-15)26-2/h6-7,9-11,17,21,23,25H,4-5,8,12H2,1-3H3/t17-,21+/m1/s1. The molecule has 2 aromatic carbocycles. The number of fused-ring (bicyclic) bond motifs is 1. The van der Waals surface area contributed by atoms with E-state index in [-0.39, 0.29) is 24.2 Å². The summed E-state index contributed by atoms with van der Waals surface area (Å²) in [6.07, 6.45) is 0.951. The largest absolute Gasteiger partial charge is 0.504 e. The average molecular weight is 402 g/mol. The number of carbonyl (C=O) groups excluding carboxylic acids is 1. The highest BCUT2D eigenvalue weighted by atomic mass is 16.5. The van der Waals surface area contributed by atoms with Gasteiger partial charge < -0.3 is 29.2 Å². The molecule has 0 radical (unpaired) electrons. The monoisotopic (exact) mass is 402 g/mol. The van der Waals surface area contributed by atoms with Crippen LogP contribution < -0.4 is 14.2 Å². The van der Waals surface area contributed by atoms with Crippen molar-refractivity contribution in [2.24, 2.45) is 0 Å². The van der Waals surface area contributed by atoms with Crippen LogP contribution in [0, 0.1) is 0 Å². The van der Waals surface area contributed by atoms with Crippen LogP contribution in [0.25, 0.3) is 0 Å². The van der Waals surface area contributed by atoms with Gasteiger partial charge in [-0.05, 0) is 42.2 Å². The highest BCUT2D eigenvalue weighted by molar-refractivity contribution is 5.65. The molecule has 7 nitrogen and oxygen atoms in total. The lowest BCUT2D eigenvalue weighted by Gasteiger charge is -2.18. The summed E-state index contributed by atoms with van der Waals surface area (Å²) >= 11 is 0. The Kier molecular flexibility index (Phi) is 6.49. The lowest BCUT2D eigenvalue weighted by atomic mass is 9.90. The van der Waals surface area contributed by atoms with Crippen LogP contribution in [0.2, 0.25) is 0 Å². The first-order valence-corrected chi connectivity index (χ1v) is 9.47. The van der Waals surface area contributed by atoms with Crippen molar-refractivity contribution in [3.63, 3.8) is 0 Å². The van der Waals surface area contributed by atoms with E-state index in [4.69, 9.17) is 18.9 Å². The maximum absolute atomic E-state index is 10.9. The number of rotatable bonds is 8. The number of aromatic hydroxyl groups is 1. The molecule has 0 saturated carbocycles. The van der Waals surface area contributed by atoms with Crippen molar-refractivity contribution in [1.29, 1.82) is 0 Å². The number of aryl methyl sites for hydroxylation is 1. The quantitative estimate of drug-likeness (QED) is 0.517. The van der Waals surface area contributed by atoms with E-state index in [0.29, 0.717) is 36.7 Å². The van der Waals surface area contributed by atoms with Crippen molar-refractivity contribution in [3.8, 4) is 23.0 Å². The van der Waals surface area contributed by atoms with Crippen molar-refractivity contribution in [3.05, 3.63) is 47.0 Å². The summed E-state index contributed by atoms with van der Waals surface area (Å²) in [4.78, 5) is 10.9. The van der Waals surface area contributed by atoms with Crippen LogP contribution in [0.1, 0.15) is 42.1 Å². The first-order valence-electron chi connectivity index (χ1n) is 9.47. The van der Waals surface area contributed by atoms with E-state index in [9.17, 15) is 15.0 Å². The molecule has 2 aromatic rings. The van der Waals surface area contributed by atoms with E-state index in [1.165, 1.54) is 14.0 Å². The second-order valence-electron chi connectivity index (χ2n) is 6.92. The molecular formula is C22H26O7. The van der Waals surface area contributed by atoms with E-state index in [2.05, 4.69) is 0 Å². The van der Waals surface area contributed by atoms with E-state index in [0.717, 1.165) is 16.7 Å². The fraction of sp³-hybridized carbons (Fsp3) is 0.409. The van der Waals surface area contributed by atoms with Gasteiger partial charge in [0, 0.05) is 12.5 Å². The van der Waals surface area contributed by atoms with E-state index in [1.807, 2.05) is 12.1 Å². The molecule has 1 aliphatic heterocycles. The number of phenols is 1. The highest BCUT2D eigenvalue weighted by Gasteiger charge is 2.38. The number of aliphatic hydroxyl groups is 1. The van der Waals surface area contributed by atoms with E-state index < -0.39 is 6.10 Å². The summed E-state index contributed by atoms with van der Waals surface area (Å²) in [5.41, 5.74) is 2.67. The normalized spacial score (nSPS) is 17.4. The zero-order chi connectivity index (χ0) is 21.0. The number of phenolic OH excluding ortho intramolecular Hbond substituents is 1. The minimum atomic E-state index is -0.435. The molecule has 3 rings (SSSR count). The Morgan fingerprint density at radius 2 is 1.90 bits per heavy atom. The van der Waals surface area contributed by atoms with Gasteiger partial charge in [-0.25, -0.2) is 0 Å². The molecule has 0 spiro atoms. The van der Waals surface area contributed by atoms with E-state index >= 15 is 0 Å². The lowest BCUT2D eigenvalue weighted by molar-refractivity contribution is -0.141. The van der Waals surface area contributed by atoms with Gasteiger partial charge in [0.1, 0.15) is 6.10 Å². The van der Waals surface area contributed by atoms with Gasteiger partial charge in [-0.1, -0.05) is 12.1 Å². The molecule has 0 aliphatic carbocycles. The van der Waals surface area contributed by atoms with Crippen molar-refractivity contribution in [2.45, 2.75) is 31.8 Å². The van der Waals surface area contributed by atoms with Gasteiger partial charge in [-0.3, -0.25) is 4.79 Å². The fourth-order valence-electron chi connectivity index (χ4n) is 3.61. The molecule has 0 amide bonds. The lowest BCUT2D eigenvalue weighted by Crippen LogP contribution is -2.13. The minimum Gasteiger partial charge on any atom is -0.504 e. The summed E-state index contributed by atoms with van der Waals surface area (Å²) in [5.74, 6) is 1.000. The third-order valence-electron chi connectivity index (χ3n) is 5.02. The highest BCUT2D eigenvalue weighted by Crippen LogP contribution is 2.51. The second-order valence-corrected chi connectivity index (χ2v) is 6.92. The van der Waals surface area contributed by atoms with Gasteiger partial charge in [-0.2, -0.15) is 0 Å². The number of carbonyl (C=O) groups is 1. The van der Waals surface area contributed by atoms with Gasteiger partial charge in [0.2, 0.25) is 0 Å². The molecule has 2 atom stereocenters. The fourth-order valence-corrected chi connectivity index (χ4v) is 3.61. The van der Waals surface area contributed by atoms with Crippen LogP contribution >= 0.6 is 0 Å². The van der Waals surface area contributed by atoms with Crippen molar-refractivity contribution in [2.75, 3.05) is 27.4 Å². The Morgan fingerprint density at radius 1 is 1.14 bits per heavy atom. The predicted octanol–water partition coefficient (Wildman–Crippen LogP) is 3.11. The first-order chi connectivity index (χ1) is 14.0. The van der Waals surface area contributed by atoms with Crippen LogP contribution in [0.3, 0.4) is 0 Å². The van der Waals surface area contributed by atoms with Crippen molar-refractivity contribution in [1.82, 2.24) is 0 Å². The molecule has 0 fully saturated rings. The molecule has 0 bridgehead atoms. The predicted molar refractivity (Wildman–Crippen MR) is 106 cm³/mol. The molecule has 1 aliphatic rings. The number of methoxy groups -OCH3 is 2. The third kappa shape index (κ3) is 4.40. The number of hydrogen-bond donors (Lipinski definition) is 2. The van der Waals surface area contributed by atoms with Gasteiger partial charge >= 0.3 is 5.97 Å². The van der Waals surface area contributed by atoms with Gasteiger partial charge in [0.05, 0.1) is 33.4 Å². The number of ether oxygens (including phenoxy) is 4. The molecule has 29 heavy (non-hydrogen) atoms. The number of aliphatic hydroxyl groups excluding tert-OH is 1. The molecule has 1 heterocycles. The summed E-state index contributed by atoms with van der Waals surface area (Å²) in [6.45, 7) is 1.63. The summed E-state index contributed by atoms with van der Waals surface area (Å²) in [6, 6.07) is 8.92. The van der Waals surface area contributed by atoms with Crippen molar-refractivity contribution >= 4 is 5.97 Å². The zero-order valence-electron chi connectivity index (χ0n) is 16.8. The Morgan fingerprint density at radius 3 is 2.55 bits per heavy atom. The van der Waals surface area contributed by atoms with Crippen molar-refractivity contribution < 1.29 is 34.0 Å². The molecule has 156 valence electrons. The summed E-state index contributed by atoms with van der Waals surface area (Å²) in [7, 11) is 3.06. The Bertz CT molecular complexity index is 878. The zero-order valence-corrected chi connectivity index (χ0v) is 16.8. The first kappa shape index (κ1) is 20.8. The van der Waals surface area contributed by atoms with E-state index in [1.54, 1.807) is 25.3 Å². The maximum atomic E-state index is 10.9. The molecular weight excluding hydrogens is 376 g/mol. The molecule has 7 heteroatoms. The van der Waals surface area contributed by atoms with Gasteiger partial charge in [-0.15, -0.1) is 0 Å². The smallest absolute Gasteiger partial charge is 0.302 e. The van der Waals surface area contributed by atoms with Crippen LogP contribution in [-0.2, 0) is 16.0 Å². The van der Waals surface area contributed by atoms with Gasteiger partial charge in [0.15, 0.2) is 23.0 Å². The maximum Gasteiger partial charge on any atom is 0.302 e. The minimum absolute atomic E-state index is 0.0416. The number of esters is 1. The Hall–Kier alpha value is -2.93. The summed E-state index contributed by atoms with van der Waals surface area (Å²) < 4.78 is 21.9. The molecule has 0 unspecified atom stereocenters.